The van der Waals surface area contributed by atoms with E-state index >= 15 is 0 Å². The summed E-state index contributed by atoms with van der Waals surface area (Å²) in [5.74, 6) is -0.977. The first-order valence-electron chi connectivity index (χ1n) is 8.82. The fourth-order valence-corrected chi connectivity index (χ4v) is 3.87. The zero-order valence-corrected chi connectivity index (χ0v) is 16.3. The van der Waals surface area contributed by atoms with E-state index in [2.05, 4.69) is 16.0 Å². The molecule has 2 aromatic rings. The van der Waals surface area contributed by atoms with Gasteiger partial charge >= 0.3 is 0 Å². The van der Waals surface area contributed by atoms with Crippen molar-refractivity contribution in [1.29, 1.82) is 0 Å². The Morgan fingerprint density at radius 3 is 2.44 bits per heavy atom. The number of carbonyl (C=O) groups is 2. The van der Waals surface area contributed by atoms with E-state index < -0.39 is 6.04 Å². The van der Waals surface area contributed by atoms with E-state index in [1.807, 2.05) is 25.1 Å². The monoisotopic (exact) mass is 405 g/mol. The van der Waals surface area contributed by atoms with E-state index in [1.165, 1.54) is 0 Å². The first-order chi connectivity index (χ1) is 13.0. The number of carbonyl (C=O) groups excluding carboxylic acids is 2. The van der Waals surface area contributed by atoms with Crippen LogP contribution in [0.4, 0.5) is 5.69 Å². The van der Waals surface area contributed by atoms with Crippen LogP contribution in [-0.4, -0.2) is 30.9 Å². The van der Waals surface area contributed by atoms with Gasteiger partial charge in [-0.25, -0.2) is 0 Å². The number of nitrogens with one attached hydrogen (secondary N) is 3. The summed E-state index contributed by atoms with van der Waals surface area (Å²) in [6, 6.07) is 13.7. The average molecular weight is 406 g/mol. The fraction of sp³-hybridized carbons (Fsp3) is 0.300. The quantitative estimate of drug-likeness (QED) is 0.713. The molecule has 27 heavy (non-hydrogen) atoms. The molecule has 1 aliphatic heterocycles. The Kier molecular flexibility index (Phi) is 6.37. The summed E-state index contributed by atoms with van der Waals surface area (Å²) >= 11 is 12.1. The van der Waals surface area contributed by atoms with E-state index in [4.69, 9.17) is 23.2 Å². The summed E-state index contributed by atoms with van der Waals surface area (Å²) in [5.41, 5.74) is 1.47. The minimum Gasteiger partial charge on any atom is -0.356 e. The zero-order chi connectivity index (χ0) is 19.4. The number of halogens is 2. The number of amides is 2. The van der Waals surface area contributed by atoms with E-state index in [0.29, 0.717) is 28.8 Å². The van der Waals surface area contributed by atoms with Crippen LogP contribution in [0, 0.1) is 5.92 Å². The smallest absolute Gasteiger partial charge is 0.242 e. The third kappa shape index (κ3) is 4.61. The Bertz CT molecular complexity index is 843. The van der Waals surface area contributed by atoms with Crippen LogP contribution in [-0.2, 0) is 9.59 Å². The highest BCUT2D eigenvalue weighted by molar-refractivity contribution is 6.31. The third-order valence-corrected chi connectivity index (χ3v) is 5.12. The second-order valence-corrected chi connectivity index (χ2v) is 7.34. The average Bonchev–Trinajstić information content (AvgIpc) is 3.07. The lowest BCUT2D eigenvalue weighted by atomic mass is 9.83. The van der Waals surface area contributed by atoms with Gasteiger partial charge in [0.25, 0.3) is 0 Å². The first kappa shape index (κ1) is 19.7. The van der Waals surface area contributed by atoms with Gasteiger partial charge in [0.05, 0.1) is 12.0 Å². The highest BCUT2D eigenvalue weighted by Gasteiger charge is 2.44. The summed E-state index contributed by atoms with van der Waals surface area (Å²) in [6.07, 6.45) is 0. The van der Waals surface area contributed by atoms with E-state index in [1.54, 1.807) is 30.3 Å². The van der Waals surface area contributed by atoms with Crippen LogP contribution in [0.3, 0.4) is 0 Å². The Morgan fingerprint density at radius 2 is 1.78 bits per heavy atom. The van der Waals surface area contributed by atoms with Gasteiger partial charge in [-0.2, -0.15) is 0 Å². The largest absolute Gasteiger partial charge is 0.356 e. The molecule has 2 aromatic carbocycles. The number of hydrogen-bond donors (Lipinski definition) is 3. The van der Waals surface area contributed by atoms with Gasteiger partial charge in [0, 0.05) is 34.7 Å². The summed E-state index contributed by atoms with van der Waals surface area (Å²) < 4.78 is 0. The predicted octanol–water partition coefficient (Wildman–Crippen LogP) is 3.44. The number of hydrogen-bond acceptors (Lipinski definition) is 3. The van der Waals surface area contributed by atoms with E-state index in [0.717, 1.165) is 5.56 Å². The van der Waals surface area contributed by atoms with Crippen LogP contribution in [0.2, 0.25) is 10.0 Å². The molecule has 0 radical (unpaired) electrons. The normalized spacial score (nSPS) is 21.7. The van der Waals surface area contributed by atoms with Crippen LogP contribution in [0.1, 0.15) is 18.4 Å². The molecular weight excluding hydrogens is 385 g/mol. The maximum Gasteiger partial charge on any atom is 0.242 e. The summed E-state index contributed by atoms with van der Waals surface area (Å²) in [5, 5.41) is 10.0. The van der Waals surface area contributed by atoms with Crippen molar-refractivity contribution in [2.75, 3.05) is 18.4 Å². The highest BCUT2D eigenvalue weighted by atomic mass is 35.5. The Labute approximate surface area is 168 Å². The summed E-state index contributed by atoms with van der Waals surface area (Å²) in [4.78, 5) is 25.5. The fourth-order valence-electron chi connectivity index (χ4n) is 3.48. The molecule has 2 amide bonds. The molecule has 1 aliphatic rings. The summed E-state index contributed by atoms with van der Waals surface area (Å²) in [6.45, 7) is 2.83. The molecule has 0 aromatic heterocycles. The van der Waals surface area contributed by atoms with Gasteiger partial charge in [-0.15, -0.1) is 0 Å². The molecule has 1 fully saturated rings. The van der Waals surface area contributed by atoms with Gasteiger partial charge in [0.15, 0.2) is 0 Å². The molecule has 7 heteroatoms. The maximum atomic E-state index is 12.9. The van der Waals surface area contributed by atoms with Crippen molar-refractivity contribution in [2.45, 2.75) is 18.9 Å². The molecular formula is C20H21Cl2N3O2. The molecule has 2 unspecified atom stereocenters. The lowest BCUT2D eigenvalue weighted by molar-refractivity contribution is -0.124. The zero-order valence-electron chi connectivity index (χ0n) is 14.8. The van der Waals surface area contributed by atoms with Crippen molar-refractivity contribution < 1.29 is 9.59 Å². The topological polar surface area (TPSA) is 70.2 Å². The van der Waals surface area contributed by atoms with Gasteiger partial charge in [-0.3, -0.25) is 9.59 Å². The molecule has 0 bridgehead atoms. The van der Waals surface area contributed by atoms with Crippen molar-refractivity contribution in [1.82, 2.24) is 10.6 Å². The molecule has 3 atom stereocenters. The molecule has 1 saturated heterocycles. The third-order valence-electron chi connectivity index (χ3n) is 4.65. The van der Waals surface area contributed by atoms with Gasteiger partial charge in [0.2, 0.25) is 11.8 Å². The molecule has 0 aliphatic carbocycles. The molecule has 0 spiro atoms. The standard InChI is InChI=1S/C20H21Cl2N3O2/c1-2-23-19(26)16-11-24-18(17(16)12-5-3-6-13(21)9-12)20(27)25-15-8-4-7-14(22)10-15/h3-10,16-18,24H,2,11H2,1H3,(H,23,26)(H,25,27)/t16-,17?,18?/m1/s1. The van der Waals surface area contributed by atoms with Gasteiger partial charge in [-0.1, -0.05) is 41.4 Å². The van der Waals surface area contributed by atoms with Crippen molar-refractivity contribution in [3.8, 4) is 0 Å². The molecule has 3 rings (SSSR count). The van der Waals surface area contributed by atoms with Crippen LogP contribution < -0.4 is 16.0 Å². The molecule has 142 valence electrons. The minimum absolute atomic E-state index is 0.0759. The lowest BCUT2D eigenvalue weighted by Gasteiger charge is -2.24. The number of benzene rings is 2. The van der Waals surface area contributed by atoms with E-state index in [9.17, 15) is 9.59 Å². The van der Waals surface area contributed by atoms with Crippen LogP contribution in [0.25, 0.3) is 0 Å². The molecule has 0 saturated carbocycles. The molecule has 5 nitrogen and oxygen atoms in total. The van der Waals surface area contributed by atoms with Crippen LogP contribution in [0.15, 0.2) is 48.5 Å². The van der Waals surface area contributed by atoms with Crippen LogP contribution in [0.5, 0.6) is 0 Å². The number of anilines is 1. The van der Waals surface area contributed by atoms with Crippen LogP contribution >= 0.6 is 23.2 Å². The number of rotatable bonds is 5. The molecule has 3 N–H and O–H groups in total. The Hall–Kier alpha value is -2.08. The first-order valence-corrected chi connectivity index (χ1v) is 9.58. The van der Waals surface area contributed by atoms with Crippen molar-refractivity contribution in [3.63, 3.8) is 0 Å². The lowest BCUT2D eigenvalue weighted by Crippen LogP contribution is -2.40. The Balaban J connectivity index is 1.88. The van der Waals surface area contributed by atoms with Crippen molar-refractivity contribution >= 4 is 40.7 Å². The Morgan fingerprint density at radius 1 is 1.07 bits per heavy atom. The molecule has 1 heterocycles. The van der Waals surface area contributed by atoms with Gasteiger partial charge < -0.3 is 16.0 Å². The second kappa shape index (κ2) is 8.74. The van der Waals surface area contributed by atoms with E-state index in [-0.39, 0.29) is 23.7 Å². The SMILES string of the molecule is CCNC(=O)[C@@H]1CNC(C(=O)Nc2cccc(Cl)c2)C1c1cccc(Cl)c1. The van der Waals surface area contributed by atoms with Crippen molar-refractivity contribution in [2.24, 2.45) is 5.92 Å². The maximum absolute atomic E-state index is 12.9. The highest BCUT2D eigenvalue weighted by Crippen LogP contribution is 2.35. The van der Waals surface area contributed by atoms with Gasteiger partial charge in [-0.05, 0) is 42.8 Å². The second-order valence-electron chi connectivity index (χ2n) is 6.47. The minimum atomic E-state index is -0.560. The van der Waals surface area contributed by atoms with Crippen molar-refractivity contribution in [3.05, 3.63) is 64.1 Å². The van der Waals surface area contributed by atoms with Gasteiger partial charge in [0.1, 0.15) is 0 Å². The predicted molar refractivity (Wildman–Crippen MR) is 108 cm³/mol. The summed E-state index contributed by atoms with van der Waals surface area (Å²) in [7, 11) is 0.